The number of carbonyl (C=O) groups excluding carboxylic acids is 2. The lowest BCUT2D eigenvalue weighted by Gasteiger charge is -2.30. The molecule has 0 aliphatic carbocycles. The van der Waals surface area contributed by atoms with Gasteiger partial charge in [-0.05, 0) is 85.6 Å². The molecule has 4 N–H and O–H groups in total. The van der Waals surface area contributed by atoms with E-state index >= 15 is 0 Å². The molecule has 0 radical (unpaired) electrons. The van der Waals surface area contributed by atoms with Crippen LogP contribution >= 0.6 is 23.2 Å². The monoisotopic (exact) mass is 654 g/mol. The number of carbonyl (C=O) groups is 2. The van der Waals surface area contributed by atoms with Crippen molar-refractivity contribution in [1.82, 2.24) is 20.3 Å². The van der Waals surface area contributed by atoms with Crippen LogP contribution in [0.5, 0.6) is 0 Å². The number of aliphatic hydroxyl groups excluding tert-OH is 1. The lowest BCUT2D eigenvalue weighted by atomic mass is 9.91. The number of nitrogens with one attached hydrogen (secondary N) is 3. The van der Waals surface area contributed by atoms with E-state index in [4.69, 9.17) is 27.9 Å². The SMILES string of the molecule is CS(=O)(=O)N[C@H](CCC1CCNCC1)C(=O)N1C[C@H](OCc2ccc(Cl)cc2)C[C@H]1C(=O)NCc1cc(Cl)ccc1CO. The highest BCUT2D eigenvalue weighted by Gasteiger charge is 2.42. The third-order valence-electron chi connectivity index (χ3n) is 8.02. The molecular formula is C30H40Cl2N4O6S. The Balaban J connectivity index is 1.50. The molecule has 0 spiro atoms. The van der Waals surface area contributed by atoms with Gasteiger partial charge in [0.2, 0.25) is 21.8 Å². The molecule has 2 saturated heterocycles. The van der Waals surface area contributed by atoms with E-state index in [-0.39, 0.29) is 32.7 Å². The quantitative estimate of drug-likeness (QED) is 0.261. The van der Waals surface area contributed by atoms with E-state index in [1.165, 1.54) is 4.90 Å². The zero-order valence-electron chi connectivity index (χ0n) is 24.2. The number of hydrogen-bond donors (Lipinski definition) is 4. The second-order valence-corrected chi connectivity index (χ2v) is 14.0. The summed E-state index contributed by atoms with van der Waals surface area (Å²) < 4.78 is 33.2. The molecule has 0 unspecified atom stereocenters. The summed E-state index contributed by atoms with van der Waals surface area (Å²) in [4.78, 5) is 29.0. The molecule has 2 fully saturated rings. The van der Waals surface area contributed by atoms with Crippen LogP contribution in [0.15, 0.2) is 42.5 Å². The van der Waals surface area contributed by atoms with Crippen molar-refractivity contribution in [3.05, 3.63) is 69.2 Å². The van der Waals surface area contributed by atoms with Crippen LogP contribution in [0.4, 0.5) is 0 Å². The van der Waals surface area contributed by atoms with Gasteiger partial charge in [0.15, 0.2) is 0 Å². The molecule has 2 aromatic rings. The number of nitrogens with zero attached hydrogens (tertiary/aromatic N) is 1. The molecule has 0 aromatic heterocycles. The van der Waals surface area contributed by atoms with E-state index in [0.717, 1.165) is 37.8 Å². The number of benzene rings is 2. The van der Waals surface area contributed by atoms with Gasteiger partial charge in [-0.2, -0.15) is 0 Å². The summed E-state index contributed by atoms with van der Waals surface area (Å²) >= 11 is 12.1. The number of rotatable bonds is 13. The Kier molecular flexibility index (Phi) is 12.2. The van der Waals surface area contributed by atoms with Crippen LogP contribution < -0.4 is 15.4 Å². The topological polar surface area (TPSA) is 137 Å². The zero-order valence-corrected chi connectivity index (χ0v) is 26.6. The van der Waals surface area contributed by atoms with Gasteiger partial charge in [-0.25, -0.2) is 13.1 Å². The fourth-order valence-corrected chi connectivity index (χ4v) is 6.74. The van der Waals surface area contributed by atoms with Crippen molar-refractivity contribution < 1.29 is 27.9 Å². The number of amides is 2. The Bertz CT molecular complexity index is 1350. The molecule has 2 amide bonds. The Morgan fingerprint density at radius 1 is 1.09 bits per heavy atom. The number of piperidine rings is 1. The van der Waals surface area contributed by atoms with Gasteiger partial charge in [-0.1, -0.05) is 41.4 Å². The van der Waals surface area contributed by atoms with Crippen molar-refractivity contribution in [3.8, 4) is 0 Å². The van der Waals surface area contributed by atoms with E-state index in [2.05, 4.69) is 15.4 Å². The van der Waals surface area contributed by atoms with Crippen molar-refractivity contribution in [2.24, 2.45) is 5.92 Å². The molecule has 2 aliphatic heterocycles. The lowest BCUT2D eigenvalue weighted by molar-refractivity contribution is -0.140. The van der Waals surface area contributed by atoms with Crippen LogP contribution in [0.2, 0.25) is 10.0 Å². The van der Waals surface area contributed by atoms with E-state index in [9.17, 15) is 23.1 Å². The number of halogens is 2. The highest BCUT2D eigenvalue weighted by Crippen LogP contribution is 2.26. The summed E-state index contributed by atoms with van der Waals surface area (Å²) in [6, 6.07) is 10.4. The summed E-state index contributed by atoms with van der Waals surface area (Å²) in [5.74, 6) is -0.452. The predicted molar refractivity (Wildman–Crippen MR) is 166 cm³/mol. The molecule has 0 bridgehead atoms. The lowest BCUT2D eigenvalue weighted by Crippen LogP contribution is -2.53. The van der Waals surface area contributed by atoms with E-state index in [1.54, 1.807) is 30.3 Å². The van der Waals surface area contributed by atoms with Gasteiger partial charge >= 0.3 is 0 Å². The minimum Gasteiger partial charge on any atom is -0.392 e. The van der Waals surface area contributed by atoms with Crippen LogP contribution in [0.1, 0.15) is 48.8 Å². The summed E-state index contributed by atoms with van der Waals surface area (Å²) in [7, 11) is -3.70. The number of sulfonamides is 1. The van der Waals surface area contributed by atoms with Gasteiger partial charge in [-0.3, -0.25) is 9.59 Å². The van der Waals surface area contributed by atoms with Crippen molar-refractivity contribution >= 4 is 45.0 Å². The van der Waals surface area contributed by atoms with Crippen molar-refractivity contribution in [3.63, 3.8) is 0 Å². The molecule has 0 saturated carbocycles. The van der Waals surface area contributed by atoms with Crippen LogP contribution in [0.3, 0.4) is 0 Å². The Labute approximate surface area is 263 Å². The minimum absolute atomic E-state index is 0.102. The maximum Gasteiger partial charge on any atom is 0.243 e. The third-order valence-corrected chi connectivity index (χ3v) is 9.22. The minimum atomic E-state index is -3.70. The van der Waals surface area contributed by atoms with Gasteiger partial charge in [-0.15, -0.1) is 0 Å². The summed E-state index contributed by atoms with van der Waals surface area (Å²) in [5.41, 5.74) is 2.18. The number of likely N-dealkylation sites (tertiary alicyclic amines) is 1. The molecule has 4 rings (SSSR count). The van der Waals surface area contributed by atoms with E-state index in [1.807, 2.05) is 12.1 Å². The fourth-order valence-electron chi connectivity index (χ4n) is 5.68. The number of ether oxygens (including phenoxy) is 1. The summed E-state index contributed by atoms with van der Waals surface area (Å²) in [6.45, 7) is 2.08. The van der Waals surface area contributed by atoms with Crippen LogP contribution in [-0.4, -0.2) is 74.3 Å². The normalized spacial score (nSPS) is 20.2. The van der Waals surface area contributed by atoms with Crippen molar-refractivity contribution in [2.75, 3.05) is 25.9 Å². The van der Waals surface area contributed by atoms with Gasteiger partial charge in [0.05, 0.1) is 25.6 Å². The molecule has 3 atom stereocenters. The molecule has 10 nitrogen and oxygen atoms in total. The molecule has 43 heavy (non-hydrogen) atoms. The molecule has 2 aliphatic rings. The second-order valence-electron chi connectivity index (χ2n) is 11.3. The molecular weight excluding hydrogens is 615 g/mol. The Morgan fingerprint density at radius 2 is 1.79 bits per heavy atom. The molecule has 2 aromatic carbocycles. The largest absolute Gasteiger partial charge is 0.392 e. The Hall–Kier alpha value is -2.25. The van der Waals surface area contributed by atoms with Crippen LogP contribution in [0.25, 0.3) is 0 Å². The van der Waals surface area contributed by atoms with Gasteiger partial charge in [0, 0.05) is 29.6 Å². The van der Waals surface area contributed by atoms with E-state index < -0.39 is 40.0 Å². The maximum absolute atomic E-state index is 14.0. The third kappa shape index (κ3) is 10.1. The molecule has 2 heterocycles. The summed E-state index contributed by atoms with van der Waals surface area (Å²) in [5, 5.41) is 17.0. The molecule has 236 valence electrons. The van der Waals surface area contributed by atoms with Gasteiger partial charge in [0.1, 0.15) is 12.1 Å². The number of aliphatic hydroxyl groups is 1. The fraction of sp³-hybridized carbons (Fsp3) is 0.533. The Morgan fingerprint density at radius 3 is 2.47 bits per heavy atom. The average Bonchev–Trinajstić information content (AvgIpc) is 3.42. The molecule has 13 heteroatoms. The van der Waals surface area contributed by atoms with Gasteiger partial charge in [0.25, 0.3) is 0 Å². The number of hydrogen-bond acceptors (Lipinski definition) is 7. The highest BCUT2D eigenvalue weighted by molar-refractivity contribution is 7.88. The second kappa shape index (κ2) is 15.7. The summed E-state index contributed by atoms with van der Waals surface area (Å²) in [6.07, 6.45) is 3.79. The zero-order chi connectivity index (χ0) is 31.0. The van der Waals surface area contributed by atoms with E-state index in [0.29, 0.717) is 39.9 Å². The van der Waals surface area contributed by atoms with Crippen LogP contribution in [0, 0.1) is 5.92 Å². The smallest absolute Gasteiger partial charge is 0.243 e. The first-order valence-electron chi connectivity index (χ1n) is 14.5. The first-order chi connectivity index (χ1) is 20.5. The van der Waals surface area contributed by atoms with Crippen molar-refractivity contribution in [1.29, 1.82) is 0 Å². The average molecular weight is 656 g/mol. The first-order valence-corrected chi connectivity index (χ1v) is 17.2. The van der Waals surface area contributed by atoms with Crippen molar-refractivity contribution in [2.45, 2.75) is 70.1 Å². The van der Waals surface area contributed by atoms with Gasteiger partial charge < -0.3 is 25.4 Å². The van der Waals surface area contributed by atoms with Crippen LogP contribution in [-0.2, 0) is 44.1 Å². The maximum atomic E-state index is 14.0. The predicted octanol–water partition coefficient (Wildman–Crippen LogP) is 2.99. The highest BCUT2D eigenvalue weighted by atomic mass is 35.5. The first kappa shape index (κ1) is 33.6. The standard InChI is InChI=1S/C30H40Cl2N4O6S/c1-43(40,41)35-27(9-4-20-10-12-33-13-11-20)30(39)36-17-26(42-19-21-2-6-24(31)7-3-21)15-28(36)29(38)34-16-23-14-25(32)8-5-22(23)18-37/h2-3,5-8,14,20,26-28,33,35,37H,4,9-13,15-19H2,1H3,(H,34,38)/t26-,27-,28+/m1/s1.